The summed E-state index contributed by atoms with van der Waals surface area (Å²) < 4.78 is 5.08. The first kappa shape index (κ1) is 18.2. The van der Waals surface area contributed by atoms with Crippen LogP contribution in [0.25, 0.3) is 0 Å². The van der Waals surface area contributed by atoms with Crippen LogP contribution in [0, 0.1) is 0 Å². The van der Waals surface area contributed by atoms with E-state index >= 15 is 0 Å². The van der Waals surface area contributed by atoms with Gasteiger partial charge in [-0.2, -0.15) is 0 Å². The number of carboxylic acid groups (broad SMARTS) is 1. The molecule has 0 aliphatic heterocycles. The Morgan fingerprint density at radius 2 is 1.68 bits per heavy atom. The van der Waals surface area contributed by atoms with Gasteiger partial charge in [0.2, 0.25) is 5.91 Å². The van der Waals surface area contributed by atoms with Crippen molar-refractivity contribution >= 4 is 23.5 Å². The van der Waals surface area contributed by atoms with E-state index < -0.39 is 23.9 Å². The smallest absolute Gasteiger partial charge is 0.335 e. The van der Waals surface area contributed by atoms with Crippen LogP contribution in [0.4, 0.5) is 5.69 Å². The lowest BCUT2D eigenvalue weighted by molar-refractivity contribution is -0.146. The molecular formula is C18H18N2O5. The number of esters is 1. The molecule has 130 valence electrons. The Labute approximate surface area is 144 Å². The van der Waals surface area contributed by atoms with Gasteiger partial charge in [0.25, 0.3) is 0 Å². The van der Waals surface area contributed by atoms with Crippen LogP contribution in [0.15, 0.2) is 54.6 Å². The number of nitrogens with one attached hydrogen (secondary N) is 1. The number of carbonyl (C=O) groups excluding carboxylic acids is 2. The summed E-state index contributed by atoms with van der Waals surface area (Å²) in [5.74, 6) is -2.19. The molecule has 0 fully saturated rings. The summed E-state index contributed by atoms with van der Waals surface area (Å²) in [6, 6.07) is 13.7. The van der Waals surface area contributed by atoms with Crippen LogP contribution >= 0.6 is 0 Å². The summed E-state index contributed by atoms with van der Waals surface area (Å²) in [5, 5.41) is 11.3. The summed E-state index contributed by atoms with van der Waals surface area (Å²) >= 11 is 0. The first-order valence-electron chi connectivity index (χ1n) is 7.55. The van der Waals surface area contributed by atoms with E-state index in [0.29, 0.717) is 5.69 Å². The SMILES string of the molecule is N[C@@H](CC(=O)OCc1ccccc1)C(=O)Nc1ccc(C(=O)O)cc1. The number of hydrogen-bond donors (Lipinski definition) is 3. The minimum atomic E-state index is -1.07. The van der Waals surface area contributed by atoms with Crippen LogP contribution in [0.1, 0.15) is 22.3 Å². The topological polar surface area (TPSA) is 119 Å². The molecule has 0 saturated carbocycles. The van der Waals surface area contributed by atoms with Gasteiger partial charge in [0.05, 0.1) is 18.0 Å². The maximum Gasteiger partial charge on any atom is 0.335 e. The fourth-order valence-electron chi connectivity index (χ4n) is 2.00. The van der Waals surface area contributed by atoms with E-state index in [9.17, 15) is 14.4 Å². The first-order valence-corrected chi connectivity index (χ1v) is 7.55. The van der Waals surface area contributed by atoms with Crippen molar-refractivity contribution in [1.82, 2.24) is 0 Å². The summed E-state index contributed by atoms with van der Waals surface area (Å²) in [7, 11) is 0. The molecule has 25 heavy (non-hydrogen) atoms. The number of rotatable bonds is 7. The predicted molar refractivity (Wildman–Crippen MR) is 90.9 cm³/mol. The second-order valence-electron chi connectivity index (χ2n) is 5.33. The molecule has 7 heteroatoms. The minimum Gasteiger partial charge on any atom is -0.478 e. The Kier molecular flexibility index (Phi) is 6.25. The van der Waals surface area contributed by atoms with Crippen molar-refractivity contribution in [3.05, 3.63) is 65.7 Å². The lowest BCUT2D eigenvalue weighted by Crippen LogP contribution is -2.37. The Hall–Kier alpha value is -3.19. The van der Waals surface area contributed by atoms with Crippen molar-refractivity contribution in [3.8, 4) is 0 Å². The number of benzene rings is 2. The summed E-state index contributed by atoms with van der Waals surface area (Å²) in [6.07, 6.45) is -0.258. The fourth-order valence-corrected chi connectivity index (χ4v) is 2.00. The van der Waals surface area contributed by atoms with Gasteiger partial charge in [-0.25, -0.2) is 4.79 Å². The highest BCUT2D eigenvalue weighted by molar-refractivity contribution is 5.97. The van der Waals surface area contributed by atoms with Gasteiger partial charge in [0, 0.05) is 5.69 Å². The molecule has 1 amide bonds. The fraction of sp³-hybridized carbons (Fsp3) is 0.167. The third kappa shape index (κ3) is 5.74. The van der Waals surface area contributed by atoms with Gasteiger partial charge >= 0.3 is 11.9 Å². The van der Waals surface area contributed by atoms with E-state index in [-0.39, 0.29) is 18.6 Å². The van der Waals surface area contributed by atoms with Gasteiger partial charge in [-0.15, -0.1) is 0 Å². The van der Waals surface area contributed by atoms with Crippen molar-refractivity contribution in [2.75, 3.05) is 5.32 Å². The van der Waals surface area contributed by atoms with Gasteiger partial charge in [0.15, 0.2) is 0 Å². The normalized spacial score (nSPS) is 11.4. The number of nitrogens with two attached hydrogens (primary N) is 1. The summed E-state index contributed by atoms with van der Waals surface area (Å²) in [4.78, 5) is 34.5. The number of carboxylic acids is 1. The molecule has 0 heterocycles. The molecule has 0 aromatic heterocycles. The average Bonchev–Trinajstić information content (AvgIpc) is 2.61. The van der Waals surface area contributed by atoms with E-state index in [1.165, 1.54) is 24.3 Å². The van der Waals surface area contributed by atoms with Gasteiger partial charge < -0.3 is 20.9 Å². The first-order chi connectivity index (χ1) is 12.0. The van der Waals surface area contributed by atoms with Crippen molar-refractivity contribution in [1.29, 1.82) is 0 Å². The highest BCUT2D eigenvalue weighted by atomic mass is 16.5. The van der Waals surface area contributed by atoms with Crippen LogP contribution in [0.5, 0.6) is 0 Å². The molecule has 2 aromatic carbocycles. The van der Waals surface area contributed by atoms with E-state index in [1.807, 2.05) is 30.3 Å². The molecule has 0 aliphatic rings. The highest BCUT2D eigenvalue weighted by Crippen LogP contribution is 2.10. The Morgan fingerprint density at radius 1 is 1.04 bits per heavy atom. The third-order valence-corrected chi connectivity index (χ3v) is 3.37. The zero-order chi connectivity index (χ0) is 18.2. The second kappa shape index (κ2) is 8.60. The average molecular weight is 342 g/mol. The lowest BCUT2D eigenvalue weighted by atomic mass is 10.2. The van der Waals surface area contributed by atoms with E-state index in [1.54, 1.807) is 0 Å². The molecule has 0 radical (unpaired) electrons. The van der Waals surface area contributed by atoms with Crippen molar-refractivity contribution in [3.63, 3.8) is 0 Å². The monoisotopic (exact) mass is 342 g/mol. The van der Waals surface area contributed by atoms with Crippen LogP contribution in [-0.4, -0.2) is 29.0 Å². The number of ether oxygens (including phenoxy) is 1. The van der Waals surface area contributed by atoms with E-state index in [2.05, 4.69) is 5.32 Å². The number of amides is 1. The highest BCUT2D eigenvalue weighted by Gasteiger charge is 2.19. The van der Waals surface area contributed by atoms with Gasteiger partial charge in [0.1, 0.15) is 6.61 Å². The maximum absolute atomic E-state index is 12.0. The maximum atomic E-state index is 12.0. The summed E-state index contributed by atoms with van der Waals surface area (Å²) in [6.45, 7) is 0.116. The van der Waals surface area contributed by atoms with E-state index in [0.717, 1.165) is 5.56 Å². The van der Waals surface area contributed by atoms with Gasteiger partial charge in [-0.3, -0.25) is 9.59 Å². The predicted octanol–water partition coefficient (Wildman–Crippen LogP) is 1.78. The zero-order valence-corrected chi connectivity index (χ0v) is 13.3. The summed E-state index contributed by atoms with van der Waals surface area (Å²) in [5.41, 5.74) is 7.04. The standard InChI is InChI=1S/C18H18N2O5/c19-15(10-16(21)25-11-12-4-2-1-3-5-12)17(22)20-14-8-6-13(7-9-14)18(23)24/h1-9,15H,10-11,19H2,(H,20,22)(H,23,24)/t15-/m0/s1. The molecule has 1 atom stereocenters. The zero-order valence-electron chi connectivity index (χ0n) is 13.3. The quantitative estimate of drug-likeness (QED) is 0.660. The molecule has 0 saturated heterocycles. The minimum absolute atomic E-state index is 0.104. The van der Waals surface area contributed by atoms with Crippen LogP contribution in [-0.2, 0) is 20.9 Å². The molecule has 2 rings (SSSR count). The largest absolute Gasteiger partial charge is 0.478 e. The Balaban J connectivity index is 1.81. The molecule has 0 unspecified atom stereocenters. The van der Waals surface area contributed by atoms with Crippen molar-refractivity contribution in [2.24, 2.45) is 5.73 Å². The van der Waals surface area contributed by atoms with E-state index in [4.69, 9.17) is 15.6 Å². The molecule has 0 aliphatic carbocycles. The van der Waals surface area contributed by atoms with Gasteiger partial charge in [-0.1, -0.05) is 30.3 Å². The molecule has 0 bridgehead atoms. The number of anilines is 1. The molecule has 4 N–H and O–H groups in total. The molecule has 2 aromatic rings. The van der Waals surface area contributed by atoms with Crippen molar-refractivity contribution < 1.29 is 24.2 Å². The Morgan fingerprint density at radius 3 is 2.28 bits per heavy atom. The van der Waals surface area contributed by atoms with Crippen LogP contribution in [0.2, 0.25) is 0 Å². The number of aromatic carboxylic acids is 1. The molecular weight excluding hydrogens is 324 g/mol. The van der Waals surface area contributed by atoms with Gasteiger partial charge in [-0.05, 0) is 29.8 Å². The third-order valence-electron chi connectivity index (χ3n) is 3.37. The van der Waals surface area contributed by atoms with Crippen molar-refractivity contribution in [2.45, 2.75) is 19.1 Å². The molecule has 7 nitrogen and oxygen atoms in total. The molecule has 0 spiro atoms. The van der Waals surface area contributed by atoms with Crippen LogP contribution < -0.4 is 11.1 Å². The second-order valence-corrected chi connectivity index (χ2v) is 5.33. The van der Waals surface area contributed by atoms with Crippen LogP contribution in [0.3, 0.4) is 0 Å². The number of carbonyl (C=O) groups is 3. The Bertz CT molecular complexity index is 744. The number of hydrogen-bond acceptors (Lipinski definition) is 5. The lowest BCUT2D eigenvalue weighted by Gasteiger charge is -2.12.